The fourth-order valence-corrected chi connectivity index (χ4v) is 3.00. The van der Waals surface area contributed by atoms with E-state index in [2.05, 4.69) is 4.98 Å². The molecule has 0 N–H and O–H groups in total. The number of carbonyl (C=O) groups is 1. The summed E-state index contributed by atoms with van der Waals surface area (Å²) in [4.78, 5) is 28.1. The minimum absolute atomic E-state index is 0.0628. The zero-order valence-corrected chi connectivity index (χ0v) is 12.6. The van der Waals surface area contributed by atoms with Gasteiger partial charge in [-0.25, -0.2) is 4.98 Å². The summed E-state index contributed by atoms with van der Waals surface area (Å²) in [6.45, 7) is 1.53. The van der Waals surface area contributed by atoms with Gasteiger partial charge in [-0.05, 0) is 29.8 Å². The Balaban J connectivity index is 2.24. The number of hydrogen-bond acceptors (Lipinski definition) is 4. The topological polar surface area (TPSA) is 52.0 Å². The van der Waals surface area contributed by atoms with E-state index < -0.39 is 0 Å². The van der Waals surface area contributed by atoms with Crippen molar-refractivity contribution in [3.8, 4) is 0 Å². The standard InChI is InChI=1S/C16H14N2O2S/c1-10(19)9-21-16-17-14-8-12-6-4-3-5-11(12)7-13(14)15(20)18(16)2/h3-8H,9H2,1-2H3. The van der Waals surface area contributed by atoms with Gasteiger partial charge in [0, 0.05) is 7.05 Å². The highest BCUT2D eigenvalue weighted by molar-refractivity contribution is 7.99. The van der Waals surface area contributed by atoms with E-state index in [-0.39, 0.29) is 11.3 Å². The van der Waals surface area contributed by atoms with Gasteiger partial charge >= 0.3 is 0 Å². The van der Waals surface area contributed by atoms with Gasteiger partial charge in [-0.3, -0.25) is 14.2 Å². The molecule has 0 atom stereocenters. The van der Waals surface area contributed by atoms with Gasteiger partial charge in [0.15, 0.2) is 5.16 Å². The molecule has 5 heteroatoms. The van der Waals surface area contributed by atoms with Crippen LogP contribution in [-0.4, -0.2) is 21.1 Å². The van der Waals surface area contributed by atoms with E-state index in [1.165, 1.54) is 23.3 Å². The maximum absolute atomic E-state index is 12.5. The van der Waals surface area contributed by atoms with E-state index in [0.29, 0.717) is 21.8 Å². The molecule has 1 aromatic heterocycles. The molecule has 106 valence electrons. The molecule has 4 nitrogen and oxygen atoms in total. The highest BCUT2D eigenvalue weighted by Crippen LogP contribution is 2.22. The van der Waals surface area contributed by atoms with E-state index in [4.69, 9.17) is 0 Å². The zero-order valence-electron chi connectivity index (χ0n) is 11.8. The molecule has 3 rings (SSSR count). The van der Waals surface area contributed by atoms with Crippen LogP contribution in [0.15, 0.2) is 46.3 Å². The molecule has 0 aliphatic rings. The molecule has 3 aromatic rings. The predicted molar refractivity (Wildman–Crippen MR) is 85.9 cm³/mol. The fraction of sp³-hybridized carbons (Fsp3) is 0.188. The van der Waals surface area contributed by atoms with Gasteiger partial charge in [0.2, 0.25) is 0 Å². The Morgan fingerprint density at radius 3 is 2.57 bits per heavy atom. The number of benzene rings is 2. The van der Waals surface area contributed by atoms with E-state index in [1.807, 2.05) is 36.4 Å². The molecule has 0 saturated carbocycles. The predicted octanol–water partition coefficient (Wildman–Crippen LogP) is 2.77. The lowest BCUT2D eigenvalue weighted by Crippen LogP contribution is -2.20. The largest absolute Gasteiger partial charge is 0.299 e. The number of Topliss-reactive ketones (excluding diaryl/α,β-unsaturated/α-hetero) is 1. The van der Waals surface area contributed by atoms with Gasteiger partial charge in [-0.1, -0.05) is 36.0 Å². The number of nitrogens with zero attached hydrogens (tertiary/aromatic N) is 2. The summed E-state index contributed by atoms with van der Waals surface area (Å²) in [5.41, 5.74) is 0.583. The van der Waals surface area contributed by atoms with E-state index in [9.17, 15) is 9.59 Å². The molecule has 0 amide bonds. The maximum atomic E-state index is 12.5. The van der Waals surface area contributed by atoms with Crippen LogP contribution in [0.4, 0.5) is 0 Å². The third-order valence-corrected chi connectivity index (χ3v) is 4.48. The van der Waals surface area contributed by atoms with Crippen LogP contribution in [0.25, 0.3) is 21.7 Å². The molecule has 0 bridgehead atoms. The molecule has 1 heterocycles. The smallest absolute Gasteiger partial charge is 0.261 e. The Kier molecular flexibility index (Phi) is 3.51. The second-order valence-corrected chi connectivity index (χ2v) is 5.91. The quantitative estimate of drug-likeness (QED) is 0.424. The second-order valence-electron chi connectivity index (χ2n) is 4.97. The van der Waals surface area contributed by atoms with E-state index in [1.54, 1.807) is 7.05 Å². The van der Waals surface area contributed by atoms with Crippen molar-refractivity contribution in [3.63, 3.8) is 0 Å². The Labute approximate surface area is 125 Å². The first-order chi connectivity index (χ1) is 10.1. The van der Waals surface area contributed by atoms with Crippen molar-refractivity contribution in [2.24, 2.45) is 7.05 Å². The van der Waals surface area contributed by atoms with Crippen molar-refractivity contribution in [1.82, 2.24) is 9.55 Å². The minimum Gasteiger partial charge on any atom is -0.299 e. The van der Waals surface area contributed by atoms with Crippen LogP contribution in [0.2, 0.25) is 0 Å². The molecule has 2 aromatic carbocycles. The van der Waals surface area contributed by atoms with Crippen LogP contribution in [0.3, 0.4) is 0 Å². The van der Waals surface area contributed by atoms with Crippen LogP contribution in [0, 0.1) is 0 Å². The summed E-state index contributed by atoms with van der Waals surface area (Å²) >= 11 is 1.29. The average Bonchev–Trinajstić information content (AvgIpc) is 2.48. The summed E-state index contributed by atoms with van der Waals surface area (Å²) in [7, 11) is 1.69. The molecule has 0 spiro atoms. The summed E-state index contributed by atoms with van der Waals surface area (Å²) in [5, 5.41) is 3.24. The number of aromatic nitrogens is 2. The Bertz CT molecular complexity index is 915. The van der Waals surface area contributed by atoms with Crippen LogP contribution < -0.4 is 5.56 Å². The molecule has 21 heavy (non-hydrogen) atoms. The highest BCUT2D eigenvalue weighted by Gasteiger charge is 2.10. The van der Waals surface area contributed by atoms with Gasteiger partial charge < -0.3 is 0 Å². The molecule has 0 saturated heterocycles. The number of fused-ring (bicyclic) bond motifs is 2. The number of hydrogen-bond donors (Lipinski definition) is 0. The first-order valence-corrected chi connectivity index (χ1v) is 7.56. The van der Waals surface area contributed by atoms with Gasteiger partial charge in [-0.2, -0.15) is 0 Å². The van der Waals surface area contributed by atoms with Crippen molar-refractivity contribution >= 4 is 39.2 Å². The van der Waals surface area contributed by atoms with Crippen molar-refractivity contribution in [2.45, 2.75) is 12.1 Å². The van der Waals surface area contributed by atoms with Crippen LogP contribution in [0.5, 0.6) is 0 Å². The van der Waals surface area contributed by atoms with Crippen LogP contribution >= 0.6 is 11.8 Å². The lowest BCUT2D eigenvalue weighted by atomic mass is 10.1. The SMILES string of the molecule is CC(=O)CSc1nc2cc3ccccc3cc2c(=O)n1C. The molecule has 0 unspecified atom stereocenters. The van der Waals surface area contributed by atoms with Crippen molar-refractivity contribution in [2.75, 3.05) is 5.75 Å². The fourth-order valence-electron chi connectivity index (χ4n) is 2.23. The third kappa shape index (κ3) is 2.56. The van der Waals surface area contributed by atoms with E-state index in [0.717, 1.165) is 10.8 Å². The van der Waals surface area contributed by atoms with Crippen LogP contribution in [0.1, 0.15) is 6.92 Å². The molecular weight excluding hydrogens is 284 g/mol. The normalized spacial score (nSPS) is 11.1. The first kappa shape index (κ1) is 13.8. The molecule has 0 radical (unpaired) electrons. The third-order valence-electron chi connectivity index (χ3n) is 3.31. The average molecular weight is 298 g/mol. The Hall–Kier alpha value is -2.14. The Morgan fingerprint density at radius 1 is 1.24 bits per heavy atom. The van der Waals surface area contributed by atoms with E-state index >= 15 is 0 Å². The van der Waals surface area contributed by atoms with Gasteiger partial charge in [0.05, 0.1) is 16.7 Å². The minimum atomic E-state index is -0.0863. The van der Waals surface area contributed by atoms with Gasteiger partial charge in [-0.15, -0.1) is 0 Å². The number of rotatable bonds is 3. The summed E-state index contributed by atoms with van der Waals surface area (Å²) < 4.78 is 1.50. The van der Waals surface area contributed by atoms with Crippen LogP contribution in [-0.2, 0) is 11.8 Å². The molecule has 0 fully saturated rings. The van der Waals surface area contributed by atoms with Crippen molar-refractivity contribution in [3.05, 3.63) is 46.8 Å². The number of ketones is 1. The Morgan fingerprint density at radius 2 is 1.90 bits per heavy atom. The summed E-state index contributed by atoms with van der Waals surface area (Å²) in [5.74, 6) is 0.382. The van der Waals surface area contributed by atoms with Crippen molar-refractivity contribution in [1.29, 1.82) is 0 Å². The molecule has 0 aliphatic heterocycles. The zero-order chi connectivity index (χ0) is 15.0. The number of carbonyl (C=O) groups excluding carboxylic acids is 1. The monoisotopic (exact) mass is 298 g/mol. The summed E-state index contributed by atoms with van der Waals surface area (Å²) in [6.07, 6.45) is 0. The lowest BCUT2D eigenvalue weighted by Gasteiger charge is -2.08. The number of thioether (sulfide) groups is 1. The lowest BCUT2D eigenvalue weighted by molar-refractivity contribution is -0.114. The second kappa shape index (κ2) is 5.33. The first-order valence-electron chi connectivity index (χ1n) is 6.58. The van der Waals surface area contributed by atoms with Crippen molar-refractivity contribution < 1.29 is 4.79 Å². The molecule has 0 aliphatic carbocycles. The molecular formula is C16H14N2O2S. The summed E-state index contributed by atoms with van der Waals surface area (Å²) in [6, 6.07) is 11.7. The van der Waals surface area contributed by atoms with Gasteiger partial charge in [0.1, 0.15) is 5.78 Å². The van der Waals surface area contributed by atoms with Gasteiger partial charge in [0.25, 0.3) is 5.56 Å². The maximum Gasteiger partial charge on any atom is 0.261 e. The highest BCUT2D eigenvalue weighted by atomic mass is 32.2.